The van der Waals surface area contributed by atoms with E-state index in [1.807, 2.05) is 25.1 Å². The Morgan fingerprint density at radius 3 is 2.26 bits per heavy atom. The summed E-state index contributed by atoms with van der Waals surface area (Å²) in [4.78, 5) is 12.8. The maximum absolute atomic E-state index is 12.8. The van der Waals surface area contributed by atoms with Crippen LogP contribution in [0.5, 0.6) is 0 Å². The van der Waals surface area contributed by atoms with Crippen LogP contribution in [0, 0.1) is 5.92 Å². The quantitative estimate of drug-likeness (QED) is 0.487. The van der Waals surface area contributed by atoms with Crippen LogP contribution >= 0.6 is 0 Å². The third kappa shape index (κ3) is 7.88. The highest BCUT2D eigenvalue weighted by Gasteiger charge is 2.40. The van der Waals surface area contributed by atoms with Gasteiger partial charge in [-0.2, -0.15) is 0 Å². The van der Waals surface area contributed by atoms with E-state index in [2.05, 4.69) is 52.9 Å². The Hall–Kier alpha value is -0.973. The Morgan fingerprint density at radius 1 is 1.15 bits per heavy atom. The second kappa shape index (κ2) is 10.5. The highest BCUT2D eigenvalue weighted by Crippen LogP contribution is 2.38. The maximum Gasteiger partial charge on any atom is 0.192 e. The molecule has 0 saturated heterocycles. The number of aliphatic hydroxyl groups excluding tert-OH is 1. The van der Waals surface area contributed by atoms with Crippen molar-refractivity contribution >= 4 is 14.1 Å². The van der Waals surface area contributed by atoms with Crippen molar-refractivity contribution in [2.45, 2.75) is 97.1 Å². The molecule has 0 heterocycles. The second-order valence-electron chi connectivity index (χ2n) is 9.34. The van der Waals surface area contributed by atoms with E-state index in [0.717, 1.165) is 19.3 Å². The highest BCUT2D eigenvalue weighted by molar-refractivity contribution is 6.74. The third-order valence-electron chi connectivity index (χ3n) is 5.94. The zero-order chi connectivity index (χ0) is 20.7. The van der Waals surface area contributed by atoms with Crippen LogP contribution in [0.3, 0.4) is 0 Å². The zero-order valence-electron chi connectivity index (χ0n) is 18.4. The van der Waals surface area contributed by atoms with Gasteiger partial charge in [0.1, 0.15) is 5.78 Å². The lowest BCUT2D eigenvalue weighted by Gasteiger charge is -2.40. The molecule has 1 N–H and O–H groups in total. The van der Waals surface area contributed by atoms with E-state index in [0.29, 0.717) is 6.42 Å². The Balaban J connectivity index is 2.64. The molecule has 0 aliphatic heterocycles. The van der Waals surface area contributed by atoms with Gasteiger partial charge in [-0.1, -0.05) is 71.4 Å². The van der Waals surface area contributed by atoms with Gasteiger partial charge in [0, 0.05) is 12.3 Å². The van der Waals surface area contributed by atoms with E-state index in [4.69, 9.17) is 4.43 Å². The summed E-state index contributed by atoms with van der Waals surface area (Å²) in [5.41, 5.74) is 1.20. The first-order valence-electron chi connectivity index (χ1n) is 10.4. The van der Waals surface area contributed by atoms with Gasteiger partial charge in [-0.25, -0.2) is 0 Å². The molecule has 3 atom stereocenters. The number of hydrogen-bond donors (Lipinski definition) is 1. The van der Waals surface area contributed by atoms with Crippen LogP contribution in [0.4, 0.5) is 0 Å². The molecule has 0 amide bonds. The monoisotopic (exact) mass is 392 g/mol. The fraction of sp³-hybridized carbons (Fsp3) is 0.696. The van der Waals surface area contributed by atoms with Crippen LogP contribution in [0.25, 0.3) is 0 Å². The molecular weight excluding hydrogens is 352 g/mol. The molecule has 27 heavy (non-hydrogen) atoms. The fourth-order valence-electron chi connectivity index (χ4n) is 2.96. The first-order valence-corrected chi connectivity index (χ1v) is 13.3. The number of aliphatic hydroxyl groups is 1. The summed E-state index contributed by atoms with van der Waals surface area (Å²) in [6.45, 7) is 15.3. The molecule has 1 aromatic carbocycles. The summed E-state index contributed by atoms with van der Waals surface area (Å²) in [6.07, 6.45) is 2.87. The van der Waals surface area contributed by atoms with E-state index in [1.165, 1.54) is 5.56 Å². The van der Waals surface area contributed by atoms with E-state index >= 15 is 0 Å². The molecular formula is C23H40O3Si. The minimum atomic E-state index is -1.93. The van der Waals surface area contributed by atoms with Crippen LogP contribution in [-0.4, -0.2) is 31.4 Å². The Bertz CT molecular complexity index is 563. The largest absolute Gasteiger partial charge is 0.413 e. The van der Waals surface area contributed by atoms with Gasteiger partial charge in [0.25, 0.3) is 0 Å². The number of hydrogen-bond acceptors (Lipinski definition) is 3. The van der Waals surface area contributed by atoms with Gasteiger partial charge in [-0.05, 0) is 43.0 Å². The molecule has 3 nitrogen and oxygen atoms in total. The molecule has 154 valence electrons. The van der Waals surface area contributed by atoms with Gasteiger partial charge in [-0.15, -0.1) is 0 Å². The minimum absolute atomic E-state index is 0.0512. The van der Waals surface area contributed by atoms with Gasteiger partial charge in [0.2, 0.25) is 0 Å². The zero-order valence-corrected chi connectivity index (χ0v) is 19.4. The summed E-state index contributed by atoms with van der Waals surface area (Å²) < 4.78 is 6.57. The molecule has 0 bridgehead atoms. The minimum Gasteiger partial charge on any atom is -0.413 e. The summed E-state index contributed by atoms with van der Waals surface area (Å²) >= 11 is 0. The van der Waals surface area contributed by atoms with Crippen molar-refractivity contribution in [2.24, 2.45) is 5.92 Å². The predicted molar refractivity (Wildman–Crippen MR) is 117 cm³/mol. The van der Waals surface area contributed by atoms with Gasteiger partial charge in [0.05, 0.1) is 12.2 Å². The molecule has 0 aliphatic rings. The molecule has 1 aromatic rings. The molecule has 0 aliphatic carbocycles. The van der Waals surface area contributed by atoms with Gasteiger partial charge < -0.3 is 9.53 Å². The molecule has 0 saturated carbocycles. The van der Waals surface area contributed by atoms with Gasteiger partial charge in [-0.3, -0.25) is 4.79 Å². The average Bonchev–Trinajstić information content (AvgIpc) is 2.58. The van der Waals surface area contributed by atoms with Crippen molar-refractivity contribution in [2.75, 3.05) is 0 Å². The number of benzene rings is 1. The van der Waals surface area contributed by atoms with Crippen LogP contribution in [0.1, 0.15) is 65.9 Å². The number of carbonyl (C=O) groups is 1. The highest BCUT2D eigenvalue weighted by atomic mass is 28.4. The van der Waals surface area contributed by atoms with Crippen molar-refractivity contribution in [1.29, 1.82) is 0 Å². The van der Waals surface area contributed by atoms with Gasteiger partial charge in [0.15, 0.2) is 8.32 Å². The lowest BCUT2D eigenvalue weighted by atomic mass is 9.92. The van der Waals surface area contributed by atoms with Crippen LogP contribution < -0.4 is 0 Å². The Labute approximate surface area is 167 Å². The molecule has 0 radical (unpaired) electrons. The molecule has 0 aromatic heterocycles. The summed E-state index contributed by atoms with van der Waals surface area (Å²) in [7, 11) is -1.93. The molecule has 4 heteroatoms. The summed E-state index contributed by atoms with van der Waals surface area (Å²) in [5, 5.41) is 10.5. The molecule has 1 rings (SSSR count). The van der Waals surface area contributed by atoms with E-state index in [-0.39, 0.29) is 29.3 Å². The van der Waals surface area contributed by atoms with Crippen molar-refractivity contribution < 1.29 is 14.3 Å². The number of Topliss-reactive ketones (excluding diaryl/α,β-unsaturated/α-hetero) is 1. The first kappa shape index (κ1) is 24.1. The second-order valence-corrected chi connectivity index (χ2v) is 14.1. The average molecular weight is 393 g/mol. The summed E-state index contributed by atoms with van der Waals surface area (Å²) in [6, 6.07) is 10.1. The smallest absolute Gasteiger partial charge is 0.192 e. The number of aryl methyl sites for hydroxylation is 1. The third-order valence-corrected chi connectivity index (χ3v) is 10.4. The van der Waals surface area contributed by atoms with Crippen molar-refractivity contribution in [3.05, 3.63) is 35.9 Å². The van der Waals surface area contributed by atoms with Crippen LogP contribution in [-0.2, 0) is 15.6 Å². The SMILES string of the molecule is CCC[C@H](O[Si](C)(C)C(C)(C)C)[C@@H](C)C(=O)C[C@@H](O)CCc1ccccc1. The Morgan fingerprint density at radius 2 is 1.74 bits per heavy atom. The van der Waals surface area contributed by atoms with Gasteiger partial charge >= 0.3 is 0 Å². The van der Waals surface area contributed by atoms with Crippen LogP contribution in [0.15, 0.2) is 30.3 Å². The topological polar surface area (TPSA) is 46.5 Å². The lowest BCUT2D eigenvalue weighted by Crippen LogP contribution is -2.46. The summed E-state index contributed by atoms with van der Waals surface area (Å²) in [5.74, 6) is -0.0572. The van der Waals surface area contributed by atoms with E-state index in [1.54, 1.807) is 0 Å². The predicted octanol–water partition coefficient (Wildman–Crippen LogP) is 5.77. The van der Waals surface area contributed by atoms with Crippen molar-refractivity contribution in [3.8, 4) is 0 Å². The fourth-order valence-corrected chi connectivity index (χ4v) is 4.39. The molecule has 0 fully saturated rings. The lowest BCUT2D eigenvalue weighted by molar-refractivity contribution is -0.127. The first-order chi connectivity index (χ1) is 12.5. The van der Waals surface area contributed by atoms with E-state index in [9.17, 15) is 9.90 Å². The Kier molecular flexibility index (Phi) is 9.39. The molecule has 0 unspecified atom stereocenters. The van der Waals surface area contributed by atoms with E-state index < -0.39 is 14.4 Å². The number of rotatable bonds is 11. The number of ketones is 1. The maximum atomic E-state index is 12.8. The molecule has 0 spiro atoms. The van der Waals surface area contributed by atoms with Crippen molar-refractivity contribution in [3.63, 3.8) is 0 Å². The number of carbonyl (C=O) groups excluding carboxylic acids is 1. The van der Waals surface area contributed by atoms with Crippen molar-refractivity contribution in [1.82, 2.24) is 0 Å². The van der Waals surface area contributed by atoms with Crippen LogP contribution in [0.2, 0.25) is 18.1 Å². The standard InChI is InChI=1S/C23H40O3Si/c1-8-12-22(26-27(6,7)23(3,4)5)18(2)21(25)17-20(24)16-15-19-13-10-9-11-14-19/h9-11,13-14,18,20,22,24H,8,12,15-17H2,1-7H3/t18-,20-,22-/m0/s1. The normalized spacial score (nSPS) is 16.0.